The van der Waals surface area contributed by atoms with E-state index in [4.69, 9.17) is 14.2 Å². The Labute approximate surface area is 220 Å². The van der Waals surface area contributed by atoms with Gasteiger partial charge >= 0.3 is 0 Å². The minimum atomic E-state index is -0.474. The van der Waals surface area contributed by atoms with Crippen molar-refractivity contribution in [2.24, 2.45) is 0 Å². The zero-order chi connectivity index (χ0) is 22.3. The highest BCUT2D eigenvalue weighted by atomic mass is 125. The Morgan fingerprint density at radius 3 is 2.36 bits per heavy atom. The van der Waals surface area contributed by atoms with Gasteiger partial charge in [0.05, 0.1) is 56.9 Å². The number of likely N-dealkylation sites (N-methyl/N-ethyl adjacent to an activating group) is 1. The minimum Gasteiger partial charge on any atom is -0.378 e. The molecule has 0 bridgehead atoms. The van der Waals surface area contributed by atoms with Gasteiger partial charge in [-0.2, -0.15) is 0 Å². The number of hydrogen-bond acceptors (Lipinski definition) is 7. The number of fused-ring (bicyclic) bond motifs is 1. The third-order valence-electron chi connectivity index (χ3n) is 4.42. The second-order valence-corrected chi connectivity index (χ2v) is 7.85. The molecule has 2 rings (SSSR count). The summed E-state index contributed by atoms with van der Waals surface area (Å²) in [5, 5.41) is 2.90. The summed E-state index contributed by atoms with van der Waals surface area (Å²) in [4.78, 5) is 23.3. The first-order chi connectivity index (χ1) is 15.1. The first-order valence-electron chi connectivity index (χ1n) is 10.4. The number of carbonyl (C=O) groups is 1. The van der Waals surface area contributed by atoms with Crippen LogP contribution in [0.25, 0.3) is 11.0 Å². The van der Waals surface area contributed by atoms with Crippen molar-refractivity contribution in [2.75, 3.05) is 72.5 Å². The Hall–Kier alpha value is -0.890. The van der Waals surface area contributed by atoms with Crippen LogP contribution in [0.3, 0.4) is 0 Å². The quantitative estimate of drug-likeness (QED) is 0.229. The van der Waals surface area contributed by atoms with Crippen LogP contribution >= 0.6 is 47.4 Å². The summed E-state index contributed by atoms with van der Waals surface area (Å²) in [7, 11) is 0. The van der Waals surface area contributed by atoms with Crippen molar-refractivity contribution in [1.29, 1.82) is 0 Å². The normalized spacial score (nSPS) is 10.7. The molecule has 0 aliphatic carbocycles. The van der Waals surface area contributed by atoms with Gasteiger partial charge in [0.15, 0.2) is 0 Å². The molecule has 0 spiro atoms. The number of amides is 1. The molecule has 1 heterocycles. The van der Waals surface area contributed by atoms with Crippen molar-refractivity contribution in [2.45, 2.75) is 6.92 Å². The van der Waals surface area contributed by atoms with Gasteiger partial charge in [-0.05, 0) is 47.3 Å². The van der Waals surface area contributed by atoms with E-state index in [-0.39, 0.29) is 37.3 Å². The zero-order valence-corrected chi connectivity index (χ0v) is 22.4. The molecule has 1 aromatic heterocycles. The van der Waals surface area contributed by atoms with Crippen LogP contribution in [0.4, 0.5) is 4.39 Å². The molecule has 0 aliphatic rings. The molecule has 8 nitrogen and oxygen atoms in total. The SMILES string of the molecule is CCN(CCNC(=O)c1cnc2cc([125I])ccc2n1)CCOCCOCCOCCF.Cl.Cl. The van der Waals surface area contributed by atoms with Crippen LogP contribution < -0.4 is 5.32 Å². The maximum atomic E-state index is 12.4. The molecule has 0 saturated heterocycles. The van der Waals surface area contributed by atoms with Crippen LogP contribution in [0.5, 0.6) is 0 Å². The van der Waals surface area contributed by atoms with Crippen LogP contribution in [0.1, 0.15) is 17.4 Å². The second kappa shape index (κ2) is 19.4. The smallest absolute Gasteiger partial charge is 0.271 e. The Morgan fingerprint density at radius 1 is 1.03 bits per heavy atom. The van der Waals surface area contributed by atoms with Crippen LogP contribution in [0.2, 0.25) is 0 Å². The van der Waals surface area contributed by atoms with Crippen molar-refractivity contribution in [3.05, 3.63) is 33.7 Å². The summed E-state index contributed by atoms with van der Waals surface area (Å²) in [5.74, 6) is -0.229. The first-order valence-corrected chi connectivity index (χ1v) is 11.4. The summed E-state index contributed by atoms with van der Waals surface area (Å²) in [5.41, 5.74) is 1.79. The number of carbonyl (C=O) groups excluding carboxylic acids is 1. The van der Waals surface area contributed by atoms with Crippen molar-refractivity contribution < 1.29 is 23.4 Å². The molecule has 188 valence electrons. The van der Waals surface area contributed by atoms with E-state index in [0.717, 1.165) is 22.2 Å². The van der Waals surface area contributed by atoms with Crippen molar-refractivity contribution >= 4 is 64.3 Å². The van der Waals surface area contributed by atoms with Gasteiger partial charge in [-0.1, -0.05) is 6.92 Å². The summed E-state index contributed by atoms with van der Waals surface area (Å²) in [6, 6.07) is 5.74. The number of benzene rings is 1. The van der Waals surface area contributed by atoms with E-state index in [1.165, 1.54) is 6.20 Å². The lowest BCUT2D eigenvalue weighted by molar-refractivity contribution is 0.00889. The molecule has 0 atom stereocenters. The molecule has 2 aromatic rings. The van der Waals surface area contributed by atoms with Gasteiger partial charge in [-0.3, -0.25) is 14.7 Å². The third kappa shape index (κ3) is 13.0. The molecule has 33 heavy (non-hydrogen) atoms. The molecule has 0 saturated carbocycles. The molecular weight excluding hydrogens is 587 g/mol. The lowest BCUT2D eigenvalue weighted by Gasteiger charge is -2.20. The molecule has 0 radical (unpaired) electrons. The second-order valence-electron chi connectivity index (χ2n) is 6.60. The number of halogens is 4. The summed E-state index contributed by atoms with van der Waals surface area (Å²) >= 11 is 2.22. The van der Waals surface area contributed by atoms with Gasteiger partial charge in [0.1, 0.15) is 12.4 Å². The number of hydrogen-bond donors (Lipinski definition) is 1. The number of alkyl halides is 1. The molecule has 1 N–H and O–H groups in total. The zero-order valence-electron chi connectivity index (χ0n) is 18.6. The number of aromatic nitrogens is 2. The minimum absolute atomic E-state index is 0. The van der Waals surface area contributed by atoms with Gasteiger partial charge in [0.2, 0.25) is 0 Å². The van der Waals surface area contributed by atoms with E-state index in [2.05, 4.69) is 49.7 Å². The summed E-state index contributed by atoms with van der Waals surface area (Å²) in [6.45, 7) is 6.94. The van der Waals surface area contributed by atoms with Gasteiger partial charge in [0.25, 0.3) is 5.91 Å². The molecule has 0 aliphatic heterocycles. The fourth-order valence-electron chi connectivity index (χ4n) is 2.73. The molecular formula is C21H32Cl2FIN4O4. The topological polar surface area (TPSA) is 85.8 Å². The fraction of sp³-hybridized carbons (Fsp3) is 0.571. The Morgan fingerprint density at radius 2 is 1.70 bits per heavy atom. The molecule has 0 fully saturated rings. The summed E-state index contributed by atoms with van der Waals surface area (Å²) < 4.78 is 28.8. The molecule has 0 unspecified atom stereocenters. The average molecular weight is 619 g/mol. The van der Waals surface area contributed by atoms with E-state index < -0.39 is 6.67 Å². The van der Waals surface area contributed by atoms with Crippen molar-refractivity contribution in [3.63, 3.8) is 0 Å². The summed E-state index contributed by atoms with van der Waals surface area (Å²) in [6.07, 6.45) is 1.51. The number of rotatable bonds is 16. The highest BCUT2D eigenvalue weighted by molar-refractivity contribution is 14.1. The predicted molar refractivity (Wildman–Crippen MR) is 140 cm³/mol. The average Bonchev–Trinajstić information content (AvgIpc) is 2.78. The van der Waals surface area contributed by atoms with Gasteiger partial charge in [-0.25, -0.2) is 9.37 Å². The van der Waals surface area contributed by atoms with Crippen LogP contribution in [-0.4, -0.2) is 93.3 Å². The lowest BCUT2D eigenvalue weighted by atomic mass is 10.3. The molecule has 12 heteroatoms. The fourth-order valence-corrected chi connectivity index (χ4v) is 3.20. The first kappa shape index (κ1) is 32.1. The van der Waals surface area contributed by atoms with E-state index in [0.29, 0.717) is 57.3 Å². The monoisotopic (exact) mass is 618 g/mol. The van der Waals surface area contributed by atoms with Crippen molar-refractivity contribution in [3.8, 4) is 0 Å². The van der Waals surface area contributed by atoms with E-state index in [1.54, 1.807) is 0 Å². The Bertz CT molecular complexity index is 810. The number of ether oxygens (including phenoxy) is 3. The molecule has 1 aromatic carbocycles. The number of nitrogens with zero attached hydrogens (tertiary/aromatic N) is 3. The Kier molecular flexibility index (Phi) is 18.9. The number of nitrogens with one attached hydrogen (secondary N) is 1. The standard InChI is InChI=1S/C21H30FIN4O4.2ClH/c1-2-27(8-10-30-12-14-31-13-11-29-9-5-22)7-6-24-21(28)20-16-25-19-15-17(23)3-4-18(19)26-20;;/h3-4,15-16H,2,5-14H2,1H3,(H,24,28);2*1H/i23-2;;. The van der Waals surface area contributed by atoms with Crippen LogP contribution in [0.15, 0.2) is 24.4 Å². The Balaban J connectivity index is 0.00000512. The van der Waals surface area contributed by atoms with Gasteiger partial charge in [0, 0.05) is 23.2 Å². The van der Waals surface area contributed by atoms with E-state index >= 15 is 0 Å². The largest absolute Gasteiger partial charge is 0.378 e. The predicted octanol–water partition coefficient (Wildman–Crippen LogP) is 3.15. The van der Waals surface area contributed by atoms with Gasteiger partial charge in [-0.15, -0.1) is 24.8 Å². The van der Waals surface area contributed by atoms with Crippen LogP contribution in [0, 0.1) is 3.57 Å². The van der Waals surface area contributed by atoms with Crippen molar-refractivity contribution in [1.82, 2.24) is 20.2 Å². The highest BCUT2D eigenvalue weighted by Crippen LogP contribution is 2.13. The lowest BCUT2D eigenvalue weighted by Crippen LogP contribution is -2.37. The van der Waals surface area contributed by atoms with Gasteiger partial charge < -0.3 is 19.5 Å². The highest BCUT2D eigenvalue weighted by Gasteiger charge is 2.10. The third-order valence-corrected chi connectivity index (χ3v) is 5.09. The van der Waals surface area contributed by atoms with Crippen LogP contribution in [-0.2, 0) is 14.2 Å². The van der Waals surface area contributed by atoms with E-state index in [1.807, 2.05) is 18.2 Å². The van der Waals surface area contributed by atoms with E-state index in [9.17, 15) is 9.18 Å². The maximum Gasteiger partial charge on any atom is 0.271 e. The molecule has 1 amide bonds. The maximum absolute atomic E-state index is 12.4.